The molecule has 94 valence electrons. The number of benzene rings is 2. The number of halogens is 2. The van der Waals surface area contributed by atoms with Crippen LogP contribution in [0.2, 0.25) is 5.02 Å². The zero-order valence-corrected chi connectivity index (χ0v) is 12.3. The molecule has 0 saturated carbocycles. The van der Waals surface area contributed by atoms with Crippen molar-refractivity contribution in [2.45, 2.75) is 6.61 Å². The fourth-order valence-corrected chi connectivity index (χ4v) is 2.29. The lowest BCUT2D eigenvalue weighted by molar-refractivity contribution is 0.306. The molecule has 0 bridgehead atoms. The first-order valence-electron chi connectivity index (χ1n) is 5.55. The third-order valence-electron chi connectivity index (χ3n) is 2.57. The fourth-order valence-electron chi connectivity index (χ4n) is 1.62. The molecule has 0 aliphatic rings. The molecule has 0 fully saturated rings. The van der Waals surface area contributed by atoms with Gasteiger partial charge < -0.3 is 10.1 Å². The lowest BCUT2D eigenvalue weighted by atomic mass is 10.2. The molecule has 0 amide bonds. The van der Waals surface area contributed by atoms with E-state index < -0.39 is 0 Å². The van der Waals surface area contributed by atoms with Crippen LogP contribution in [0, 0.1) is 0 Å². The van der Waals surface area contributed by atoms with Crippen LogP contribution in [0.3, 0.4) is 0 Å². The van der Waals surface area contributed by atoms with E-state index in [2.05, 4.69) is 21.2 Å². The average Bonchev–Trinajstić information content (AvgIpc) is 2.39. The van der Waals surface area contributed by atoms with Gasteiger partial charge in [-0.2, -0.15) is 0 Å². The van der Waals surface area contributed by atoms with Crippen molar-refractivity contribution in [1.82, 2.24) is 0 Å². The molecule has 0 aliphatic carbocycles. The topological polar surface area (TPSA) is 21.3 Å². The van der Waals surface area contributed by atoms with Gasteiger partial charge in [0.15, 0.2) is 5.75 Å². The number of hydrogen-bond donors (Lipinski definition) is 1. The standard InChI is InChI=1S/C14H13BrClNO/c1-17-13-8-4-6-11(15)14(13)18-9-10-5-2-3-7-12(10)16/h2-8,17H,9H2,1H3. The van der Waals surface area contributed by atoms with E-state index in [1.54, 1.807) is 0 Å². The van der Waals surface area contributed by atoms with Gasteiger partial charge in [-0.05, 0) is 34.1 Å². The van der Waals surface area contributed by atoms with Crippen LogP contribution in [0.4, 0.5) is 5.69 Å². The zero-order chi connectivity index (χ0) is 13.0. The zero-order valence-electron chi connectivity index (χ0n) is 9.91. The normalized spacial score (nSPS) is 10.2. The third kappa shape index (κ3) is 2.98. The quantitative estimate of drug-likeness (QED) is 0.877. The van der Waals surface area contributed by atoms with Gasteiger partial charge in [-0.1, -0.05) is 35.9 Å². The summed E-state index contributed by atoms with van der Waals surface area (Å²) in [5, 5.41) is 3.82. The molecule has 4 heteroatoms. The van der Waals surface area contributed by atoms with Gasteiger partial charge in [0.25, 0.3) is 0 Å². The minimum absolute atomic E-state index is 0.441. The van der Waals surface area contributed by atoms with Crippen molar-refractivity contribution < 1.29 is 4.74 Å². The summed E-state index contributed by atoms with van der Waals surface area (Å²) in [6.45, 7) is 0.441. The maximum atomic E-state index is 6.10. The maximum absolute atomic E-state index is 6.10. The van der Waals surface area contributed by atoms with E-state index in [4.69, 9.17) is 16.3 Å². The Kier molecular flexibility index (Phi) is 4.50. The Morgan fingerprint density at radius 1 is 1.17 bits per heavy atom. The molecule has 0 spiro atoms. The van der Waals surface area contributed by atoms with E-state index in [-0.39, 0.29) is 0 Å². The minimum atomic E-state index is 0.441. The summed E-state index contributed by atoms with van der Waals surface area (Å²) in [7, 11) is 1.87. The Morgan fingerprint density at radius 3 is 2.67 bits per heavy atom. The van der Waals surface area contributed by atoms with Crippen molar-refractivity contribution >= 4 is 33.2 Å². The molecule has 0 atom stereocenters. The van der Waals surface area contributed by atoms with E-state index in [1.807, 2.05) is 49.5 Å². The van der Waals surface area contributed by atoms with E-state index in [0.29, 0.717) is 6.61 Å². The molecule has 0 aromatic heterocycles. The summed E-state index contributed by atoms with van der Waals surface area (Å²) < 4.78 is 6.75. The molecular weight excluding hydrogens is 314 g/mol. The van der Waals surface area contributed by atoms with Crippen molar-refractivity contribution in [3.63, 3.8) is 0 Å². The molecule has 2 rings (SSSR count). The summed E-state index contributed by atoms with van der Waals surface area (Å²) in [5.41, 5.74) is 1.91. The molecule has 2 aromatic rings. The molecule has 0 aliphatic heterocycles. The van der Waals surface area contributed by atoms with Crippen LogP contribution in [-0.4, -0.2) is 7.05 Å². The Hall–Kier alpha value is -1.19. The second kappa shape index (κ2) is 6.12. The first-order valence-corrected chi connectivity index (χ1v) is 6.72. The van der Waals surface area contributed by atoms with Crippen molar-refractivity contribution in [2.24, 2.45) is 0 Å². The Balaban J connectivity index is 2.18. The largest absolute Gasteiger partial charge is 0.485 e. The van der Waals surface area contributed by atoms with Crippen LogP contribution in [0.15, 0.2) is 46.9 Å². The van der Waals surface area contributed by atoms with E-state index in [0.717, 1.165) is 26.5 Å². The number of para-hydroxylation sites is 1. The van der Waals surface area contributed by atoms with Crippen LogP contribution in [0.25, 0.3) is 0 Å². The number of ether oxygens (including phenoxy) is 1. The van der Waals surface area contributed by atoms with Crippen molar-refractivity contribution in [3.8, 4) is 5.75 Å². The van der Waals surface area contributed by atoms with Crippen LogP contribution in [0.1, 0.15) is 5.56 Å². The second-order valence-corrected chi connectivity index (χ2v) is 5.01. The average molecular weight is 327 g/mol. The van der Waals surface area contributed by atoms with Crippen molar-refractivity contribution in [2.75, 3.05) is 12.4 Å². The van der Waals surface area contributed by atoms with Crippen molar-refractivity contribution in [3.05, 3.63) is 57.5 Å². The predicted octanol–water partition coefficient (Wildman–Crippen LogP) is 4.72. The van der Waals surface area contributed by atoms with Gasteiger partial charge in [-0.25, -0.2) is 0 Å². The Morgan fingerprint density at radius 2 is 1.94 bits per heavy atom. The molecule has 2 nitrogen and oxygen atoms in total. The van der Waals surface area contributed by atoms with E-state index in [1.165, 1.54) is 0 Å². The fraction of sp³-hybridized carbons (Fsp3) is 0.143. The third-order valence-corrected chi connectivity index (χ3v) is 3.56. The van der Waals surface area contributed by atoms with E-state index >= 15 is 0 Å². The summed E-state index contributed by atoms with van der Waals surface area (Å²) in [5.74, 6) is 0.792. The second-order valence-electron chi connectivity index (χ2n) is 3.75. The van der Waals surface area contributed by atoms with E-state index in [9.17, 15) is 0 Å². The smallest absolute Gasteiger partial charge is 0.157 e. The monoisotopic (exact) mass is 325 g/mol. The molecule has 1 N–H and O–H groups in total. The highest BCUT2D eigenvalue weighted by atomic mass is 79.9. The summed E-state index contributed by atoms with van der Waals surface area (Å²) in [4.78, 5) is 0. The molecule has 0 heterocycles. The summed E-state index contributed by atoms with van der Waals surface area (Å²) in [6, 6.07) is 13.5. The van der Waals surface area contributed by atoms with Gasteiger partial charge in [0.05, 0.1) is 10.2 Å². The molecular formula is C14H13BrClNO. The van der Waals surface area contributed by atoms with Crippen LogP contribution in [0.5, 0.6) is 5.75 Å². The first kappa shape index (κ1) is 13.2. The molecule has 0 saturated heterocycles. The van der Waals surface area contributed by atoms with Gasteiger partial charge in [-0.15, -0.1) is 0 Å². The minimum Gasteiger partial charge on any atom is -0.485 e. The van der Waals surface area contributed by atoms with Crippen LogP contribution in [-0.2, 0) is 6.61 Å². The van der Waals surface area contributed by atoms with Gasteiger partial charge in [0.1, 0.15) is 6.61 Å². The Bertz CT molecular complexity index is 545. The summed E-state index contributed by atoms with van der Waals surface area (Å²) >= 11 is 9.58. The lowest BCUT2D eigenvalue weighted by Gasteiger charge is -2.13. The predicted molar refractivity (Wildman–Crippen MR) is 79.5 cm³/mol. The molecule has 0 unspecified atom stereocenters. The Labute approximate surface area is 120 Å². The highest BCUT2D eigenvalue weighted by Gasteiger charge is 2.08. The number of anilines is 1. The highest BCUT2D eigenvalue weighted by Crippen LogP contribution is 2.33. The van der Waals surface area contributed by atoms with Gasteiger partial charge in [0, 0.05) is 17.6 Å². The van der Waals surface area contributed by atoms with Gasteiger partial charge in [-0.3, -0.25) is 0 Å². The molecule has 2 aromatic carbocycles. The number of rotatable bonds is 4. The molecule has 0 radical (unpaired) electrons. The number of hydrogen-bond acceptors (Lipinski definition) is 2. The molecule has 18 heavy (non-hydrogen) atoms. The first-order chi connectivity index (χ1) is 8.72. The maximum Gasteiger partial charge on any atom is 0.157 e. The lowest BCUT2D eigenvalue weighted by Crippen LogP contribution is -2.00. The van der Waals surface area contributed by atoms with Crippen molar-refractivity contribution in [1.29, 1.82) is 0 Å². The number of nitrogens with one attached hydrogen (secondary N) is 1. The van der Waals surface area contributed by atoms with Gasteiger partial charge >= 0.3 is 0 Å². The highest BCUT2D eigenvalue weighted by molar-refractivity contribution is 9.10. The van der Waals surface area contributed by atoms with Crippen LogP contribution < -0.4 is 10.1 Å². The summed E-state index contributed by atoms with van der Waals surface area (Å²) in [6.07, 6.45) is 0. The van der Waals surface area contributed by atoms with Gasteiger partial charge in [0.2, 0.25) is 0 Å². The van der Waals surface area contributed by atoms with Crippen LogP contribution >= 0.6 is 27.5 Å². The SMILES string of the molecule is CNc1cccc(Br)c1OCc1ccccc1Cl.